The monoisotopic (exact) mass is 855 g/mol. The zero-order chi connectivity index (χ0) is 42.8. The minimum absolute atomic E-state index is 0.144. The van der Waals surface area contributed by atoms with E-state index < -0.39 is 108 Å². The van der Waals surface area contributed by atoms with Gasteiger partial charge in [0.1, 0.15) is 42.1 Å². The fourth-order valence-corrected chi connectivity index (χ4v) is 5.52. The van der Waals surface area contributed by atoms with Crippen LogP contribution < -0.4 is 38.1 Å². The van der Waals surface area contributed by atoms with Gasteiger partial charge >= 0.3 is 5.97 Å². The van der Waals surface area contributed by atoms with E-state index in [0.29, 0.717) is 4.47 Å². The lowest BCUT2D eigenvalue weighted by molar-refractivity contribution is -0.157. The summed E-state index contributed by atoms with van der Waals surface area (Å²) in [6.07, 6.45) is 13.6. The van der Waals surface area contributed by atoms with Gasteiger partial charge in [0.2, 0.25) is 41.4 Å². The number of benzene rings is 1. The number of aromatic hydroxyl groups is 1. The predicted molar refractivity (Wildman–Crippen MR) is 214 cm³/mol. The number of nitrogens with one attached hydrogen (secondary N) is 5. The van der Waals surface area contributed by atoms with Gasteiger partial charge in [-0.1, -0.05) is 88.4 Å². The number of phenols is 1. The highest BCUT2D eigenvalue weighted by Gasteiger charge is 2.38. The van der Waals surface area contributed by atoms with Gasteiger partial charge in [0.25, 0.3) is 0 Å². The molecule has 1 heterocycles. The molecule has 17 nitrogen and oxygen atoms in total. The molecule has 1 fully saturated rings. The molecule has 1 aromatic rings. The molecule has 1 aliphatic rings. The molecule has 0 aliphatic carbocycles. The van der Waals surface area contributed by atoms with Crippen molar-refractivity contribution in [3.8, 4) is 5.75 Å². The summed E-state index contributed by atoms with van der Waals surface area (Å²) >= 11 is 3.26. The molecule has 10 N–H and O–H groups in total. The van der Waals surface area contributed by atoms with Gasteiger partial charge in [-0.2, -0.15) is 0 Å². The maximum Gasteiger partial charge on any atom is 0.329 e. The number of primary amides is 2. The van der Waals surface area contributed by atoms with Gasteiger partial charge in [-0.05, 0) is 52.4 Å². The first-order chi connectivity index (χ1) is 26.8. The zero-order valence-corrected chi connectivity index (χ0v) is 33.8. The second-order valence-electron chi connectivity index (χ2n) is 13.6. The maximum absolute atomic E-state index is 13.8. The number of halogens is 1. The number of nitrogens with two attached hydrogens (primary N) is 2. The number of hydrogen-bond donors (Lipinski definition) is 8. The lowest BCUT2D eigenvalue weighted by atomic mass is 10.0. The second kappa shape index (κ2) is 23.1. The maximum atomic E-state index is 13.8. The number of rotatable bonds is 13. The number of cyclic esters (lactones) is 1. The molecule has 1 aliphatic heterocycles. The molecule has 7 amide bonds. The summed E-state index contributed by atoms with van der Waals surface area (Å²) in [4.78, 5) is 104. The molecule has 0 aromatic heterocycles. The van der Waals surface area contributed by atoms with E-state index in [1.54, 1.807) is 82.4 Å². The Hall–Kier alpha value is -6.04. The van der Waals surface area contributed by atoms with Gasteiger partial charge < -0.3 is 47.9 Å². The molecule has 0 radical (unpaired) electrons. The molecule has 1 aromatic carbocycles. The smallest absolute Gasteiger partial charge is 0.329 e. The Bertz CT molecular complexity index is 1820. The van der Waals surface area contributed by atoms with Gasteiger partial charge in [0.05, 0.1) is 17.3 Å². The second-order valence-corrected chi connectivity index (χ2v) is 14.5. The Morgan fingerprint density at radius 1 is 0.754 bits per heavy atom. The topological polar surface area (TPSA) is 278 Å². The standard InChI is InChI=1S/C39H50BrN7O10/c1-21(2)32-37(54)44-26(19-29(41)49)35(52)43-27(20-30(42)50)36(53)47-33(22(3)4)39(56)57-23(5)34(38(55)46-32)45-31(51)15-13-11-9-7-6-8-10-12-14-24-16-17-28(48)25(40)18-24/h6-18,21-23,26-27,32-34,48H,19-20H2,1-5H3,(H2,41,49)(H2,42,50)(H,43,52)(H,44,54)(H,45,51)(H,46,55)(H,47,53). The lowest BCUT2D eigenvalue weighted by Gasteiger charge is -2.31. The molecule has 2 rings (SSSR count). The van der Waals surface area contributed by atoms with Crippen molar-refractivity contribution in [3.63, 3.8) is 0 Å². The molecular formula is C39H50BrN7O10. The number of hydrogen-bond acceptors (Lipinski definition) is 10. The SMILES string of the molecule is CC(C)C1NC(=O)C(NC(=O)C=CC=CC=CC=CC=Cc2ccc(O)c(Br)c2)C(C)OC(=O)C(C(C)C)NC(=O)C(CC(N)=O)NC(=O)C(CC(N)=O)NC1=O. The highest BCUT2D eigenvalue weighted by atomic mass is 79.9. The van der Waals surface area contributed by atoms with Crippen molar-refractivity contribution >= 4 is 69.3 Å². The molecule has 1 saturated heterocycles. The summed E-state index contributed by atoms with van der Waals surface area (Å²) in [6.45, 7) is 7.64. The largest absolute Gasteiger partial charge is 0.507 e. The van der Waals surface area contributed by atoms with E-state index in [4.69, 9.17) is 16.2 Å². The first-order valence-electron chi connectivity index (χ1n) is 17.9. The van der Waals surface area contributed by atoms with Crippen LogP contribution in [0.1, 0.15) is 53.0 Å². The molecular weight excluding hydrogens is 806 g/mol. The molecule has 18 heteroatoms. The van der Waals surface area contributed by atoms with Crippen molar-refractivity contribution in [2.75, 3.05) is 0 Å². The quantitative estimate of drug-likeness (QED) is 0.0786. The van der Waals surface area contributed by atoms with E-state index in [2.05, 4.69) is 42.5 Å². The first-order valence-corrected chi connectivity index (χ1v) is 18.7. The third kappa shape index (κ3) is 16.3. The van der Waals surface area contributed by atoms with Crippen molar-refractivity contribution in [2.45, 2.75) is 83.8 Å². The molecule has 0 saturated carbocycles. The number of carbonyl (C=O) groups is 8. The van der Waals surface area contributed by atoms with Gasteiger partial charge in [0.15, 0.2) is 0 Å². The van der Waals surface area contributed by atoms with Crippen LogP contribution in [0.15, 0.2) is 77.4 Å². The number of phenolic OH excluding ortho intramolecular Hbond substituents is 1. The summed E-state index contributed by atoms with van der Waals surface area (Å²) in [5, 5.41) is 21.7. The predicted octanol–water partition coefficient (Wildman–Crippen LogP) is 0.825. The van der Waals surface area contributed by atoms with Crippen molar-refractivity contribution in [3.05, 3.63) is 82.9 Å². The zero-order valence-electron chi connectivity index (χ0n) is 32.2. The average Bonchev–Trinajstić information content (AvgIpc) is 3.11. The average molecular weight is 857 g/mol. The summed E-state index contributed by atoms with van der Waals surface area (Å²) < 4.78 is 6.16. The number of esters is 1. The van der Waals surface area contributed by atoms with Crippen LogP contribution >= 0.6 is 15.9 Å². The summed E-state index contributed by atoms with van der Waals surface area (Å²) in [7, 11) is 0. The Labute approximate surface area is 339 Å². The van der Waals surface area contributed by atoms with Crippen LogP contribution in [0, 0.1) is 11.8 Å². The number of amides is 7. The molecule has 6 unspecified atom stereocenters. The van der Waals surface area contributed by atoms with Gasteiger partial charge in [-0.15, -0.1) is 0 Å². The van der Waals surface area contributed by atoms with Crippen LogP contribution in [-0.2, 0) is 43.1 Å². The minimum atomic E-state index is -1.65. The third-order valence-corrected chi connectivity index (χ3v) is 8.81. The fraction of sp³-hybridized carbons (Fsp3) is 0.385. The normalized spacial score (nSPS) is 23.3. The highest BCUT2D eigenvalue weighted by Crippen LogP contribution is 2.24. The minimum Gasteiger partial charge on any atom is -0.507 e. The van der Waals surface area contributed by atoms with Crippen LogP contribution in [0.3, 0.4) is 0 Å². The van der Waals surface area contributed by atoms with Crippen LogP contribution in [-0.4, -0.2) is 88.7 Å². The first kappa shape index (κ1) is 47.1. The summed E-state index contributed by atoms with van der Waals surface area (Å²) in [5.74, 6) is -8.80. The van der Waals surface area contributed by atoms with Crippen LogP contribution in [0.25, 0.3) is 6.08 Å². The Balaban J connectivity index is 2.35. The number of ether oxygens (including phenoxy) is 1. The molecule has 0 bridgehead atoms. The summed E-state index contributed by atoms with van der Waals surface area (Å²) in [6, 6.07) is -2.47. The third-order valence-electron chi connectivity index (χ3n) is 8.18. The highest BCUT2D eigenvalue weighted by molar-refractivity contribution is 9.10. The van der Waals surface area contributed by atoms with E-state index in [0.717, 1.165) is 11.6 Å². The van der Waals surface area contributed by atoms with Crippen molar-refractivity contribution < 1.29 is 48.2 Å². The Kier molecular flexibility index (Phi) is 19.1. The Morgan fingerprint density at radius 2 is 1.25 bits per heavy atom. The van der Waals surface area contributed by atoms with Gasteiger partial charge in [-0.3, -0.25) is 33.6 Å². The molecule has 57 heavy (non-hydrogen) atoms. The van der Waals surface area contributed by atoms with E-state index in [-0.39, 0.29) is 5.75 Å². The molecule has 0 spiro atoms. The molecule has 6 atom stereocenters. The molecule has 308 valence electrons. The van der Waals surface area contributed by atoms with Gasteiger partial charge in [0, 0.05) is 6.08 Å². The van der Waals surface area contributed by atoms with Crippen LogP contribution in [0.2, 0.25) is 0 Å². The van der Waals surface area contributed by atoms with E-state index in [1.165, 1.54) is 13.0 Å². The van der Waals surface area contributed by atoms with Crippen molar-refractivity contribution in [2.24, 2.45) is 23.3 Å². The van der Waals surface area contributed by atoms with Gasteiger partial charge in [-0.25, -0.2) is 4.79 Å². The van der Waals surface area contributed by atoms with Crippen molar-refractivity contribution in [1.29, 1.82) is 0 Å². The summed E-state index contributed by atoms with van der Waals surface area (Å²) in [5.41, 5.74) is 11.5. The Morgan fingerprint density at radius 3 is 1.77 bits per heavy atom. The van der Waals surface area contributed by atoms with Crippen LogP contribution in [0.5, 0.6) is 5.75 Å². The number of allylic oxidation sites excluding steroid dienone is 8. The lowest BCUT2D eigenvalue weighted by Crippen LogP contribution is -2.62. The van der Waals surface area contributed by atoms with Crippen LogP contribution in [0.4, 0.5) is 0 Å². The van der Waals surface area contributed by atoms with Crippen molar-refractivity contribution in [1.82, 2.24) is 26.6 Å². The fourth-order valence-electron chi connectivity index (χ4n) is 5.13. The van der Waals surface area contributed by atoms with E-state index in [9.17, 15) is 43.5 Å². The van der Waals surface area contributed by atoms with E-state index >= 15 is 0 Å². The number of carbonyl (C=O) groups excluding carboxylic acids is 8. The van der Waals surface area contributed by atoms with E-state index in [1.807, 2.05) is 12.2 Å².